The normalized spacial score (nSPS) is 11.1. The minimum atomic E-state index is -4.08. The highest BCUT2D eigenvalue weighted by atomic mass is 32.2. The molecule has 0 atom stereocenters. The minimum Gasteiger partial charge on any atom is -0.362 e. The molecule has 0 fully saturated rings. The minimum absolute atomic E-state index is 0.0135. The number of hydrazine groups is 1. The number of nitro benzene ring substituents is 1. The zero-order valence-electron chi connectivity index (χ0n) is 9.81. The smallest absolute Gasteiger partial charge is 0.270 e. The van der Waals surface area contributed by atoms with Crippen molar-refractivity contribution in [1.29, 1.82) is 0 Å². The molecule has 0 radical (unpaired) electrons. The van der Waals surface area contributed by atoms with Crippen molar-refractivity contribution in [3.05, 3.63) is 40.8 Å². The first-order valence-corrected chi connectivity index (χ1v) is 6.59. The van der Waals surface area contributed by atoms with Crippen molar-refractivity contribution in [3.8, 4) is 0 Å². The third kappa shape index (κ3) is 2.67. The van der Waals surface area contributed by atoms with Crippen molar-refractivity contribution in [2.75, 3.05) is 10.1 Å². The van der Waals surface area contributed by atoms with E-state index in [0.29, 0.717) is 0 Å². The van der Waals surface area contributed by atoms with E-state index in [0.717, 1.165) is 24.6 Å². The predicted octanol–water partition coefficient (Wildman–Crippen LogP) is 0.669. The lowest BCUT2D eigenvalue weighted by molar-refractivity contribution is -0.385. The number of sulfonamides is 1. The second kappa shape index (κ2) is 5.14. The summed E-state index contributed by atoms with van der Waals surface area (Å²) in [6.45, 7) is 0. The zero-order valence-corrected chi connectivity index (χ0v) is 10.6. The summed E-state index contributed by atoms with van der Waals surface area (Å²) >= 11 is 0. The van der Waals surface area contributed by atoms with Crippen LogP contribution in [0.25, 0.3) is 0 Å². The van der Waals surface area contributed by atoms with Crippen LogP contribution in [-0.4, -0.2) is 18.5 Å². The van der Waals surface area contributed by atoms with Gasteiger partial charge in [0.2, 0.25) is 0 Å². The van der Waals surface area contributed by atoms with Crippen LogP contribution in [0, 0.1) is 10.1 Å². The Balaban J connectivity index is 2.48. The maximum atomic E-state index is 12.2. The molecule has 0 unspecified atom stereocenters. The summed E-state index contributed by atoms with van der Waals surface area (Å²) in [7, 11) is -4.08. The van der Waals surface area contributed by atoms with Gasteiger partial charge in [0, 0.05) is 12.1 Å². The number of anilines is 2. The molecule has 0 saturated carbocycles. The topological polar surface area (TPSA) is 153 Å². The van der Waals surface area contributed by atoms with E-state index in [1.54, 1.807) is 0 Å². The van der Waals surface area contributed by atoms with Crippen LogP contribution in [0.3, 0.4) is 0 Å². The Morgan fingerprint density at radius 3 is 2.70 bits per heavy atom. The third-order valence-electron chi connectivity index (χ3n) is 2.31. The number of nitro groups is 1. The van der Waals surface area contributed by atoms with Gasteiger partial charge >= 0.3 is 0 Å². The van der Waals surface area contributed by atoms with E-state index in [-0.39, 0.29) is 22.0 Å². The number of aromatic nitrogens is 1. The highest BCUT2D eigenvalue weighted by Gasteiger charge is 2.22. The van der Waals surface area contributed by atoms with Crippen molar-refractivity contribution >= 4 is 27.1 Å². The number of nitrogens with two attached hydrogens (primary N) is 1. The molecule has 1 aromatic carbocycles. The van der Waals surface area contributed by atoms with Gasteiger partial charge in [-0.25, -0.2) is 8.42 Å². The molecule has 0 aliphatic carbocycles. The summed E-state index contributed by atoms with van der Waals surface area (Å²) in [4.78, 5) is 9.64. The summed E-state index contributed by atoms with van der Waals surface area (Å²) < 4.78 is 31.0. The van der Waals surface area contributed by atoms with Crippen LogP contribution in [0.15, 0.2) is 40.1 Å². The average Bonchev–Trinajstić information content (AvgIpc) is 2.90. The maximum absolute atomic E-state index is 12.2. The Labute approximate surface area is 112 Å². The predicted molar refractivity (Wildman–Crippen MR) is 68.2 cm³/mol. The van der Waals surface area contributed by atoms with Gasteiger partial charge in [-0.1, -0.05) is 5.16 Å². The zero-order chi connectivity index (χ0) is 14.8. The molecular formula is C9H9N5O5S. The quantitative estimate of drug-likeness (QED) is 0.413. The largest absolute Gasteiger partial charge is 0.362 e. The molecule has 2 rings (SSSR count). The Bertz CT molecular complexity index is 727. The Morgan fingerprint density at radius 2 is 2.15 bits per heavy atom. The Hall–Kier alpha value is -2.66. The van der Waals surface area contributed by atoms with Gasteiger partial charge in [0.25, 0.3) is 15.7 Å². The SMILES string of the molecule is NNc1ccc([N+](=O)[O-])cc1S(=O)(=O)Nc1cnoc1. The molecule has 0 saturated heterocycles. The van der Waals surface area contributed by atoms with Gasteiger partial charge in [-0.05, 0) is 6.07 Å². The first-order chi connectivity index (χ1) is 9.44. The highest BCUT2D eigenvalue weighted by molar-refractivity contribution is 7.92. The molecule has 4 N–H and O–H groups in total. The summed E-state index contributed by atoms with van der Waals surface area (Å²) in [5.74, 6) is 5.20. The van der Waals surface area contributed by atoms with Gasteiger partial charge in [-0.15, -0.1) is 0 Å². The lowest BCUT2D eigenvalue weighted by atomic mass is 10.3. The van der Waals surface area contributed by atoms with Gasteiger partial charge in [0.15, 0.2) is 0 Å². The van der Waals surface area contributed by atoms with E-state index < -0.39 is 14.9 Å². The molecule has 1 heterocycles. The lowest BCUT2D eigenvalue weighted by Crippen LogP contribution is -2.17. The molecule has 11 heteroatoms. The van der Waals surface area contributed by atoms with Crippen LogP contribution < -0.4 is 16.0 Å². The fourth-order valence-corrected chi connectivity index (χ4v) is 2.65. The molecule has 1 aromatic heterocycles. The highest BCUT2D eigenvalue weighted by Crippen LogP contribution is 2.27. The maximum Gasteiger partial charge on any atom is 0.270 e. The molecule has 106 valence electrons. The Kier molecular flexibility index (Phi) is 3.54. The molecule has 0 spiro atoms. The number of nitrogen functional groups attached to an aromatic ring is 1. The number of hydrogen-bond acceptors (Lipinski definition) is 8. The van der Waals surface area contributed by atoms with Gasteiger partial charge in [0.1, 0.15) is 16.8 Å². The van der Waals surface area contributed by atoms with E-state index in [1.807, 2.05) is 0 Å². The molecule has 0 bridgehead atoms. The van der Waals surface area contributed by atoms with Crippen LogP contribution in [0.2, 0.25) is 0 Å². The van der Waals surface area contributed by atoms with Gasteiger partial charge < -0.3 is 9.95 Å². The van der Waals surface area contributed by atoms with Crippen LogP contribution in [-0.2, 0) is 10.0 Å². The summed E-state index contributed by atoms with van der Waals surface area (Å²) in [5, 5.41) is 14.0. The third-order valence-corrected chi connectivity index (χ3v) is 3.73. The number of nitrogens with one attached hydrogen (secondary N) is 2. The van der Waals surface area contributed by atoms with Crippen molar-refractivity contribution in [2.45, 2.75) is 4.90 Å². The van der Waals surface area contributed by atoms with E-state index in [9.17, 15) is 18.5 Å². The van der Waals surface area contributed by atoms with Crippen LogP contribution >= 0.6 is 0 Å². The molecule has 0 aliphatic rings. The Morgan fingerprint density at radius 1 is 1.40 bits per heavy atom. The van der Waals surface area contributed by atoms with Gasteiger partial charge in [0.05, 0.1) is 16.8 Å². The lowest BCUT2D eigenvalue weighted by Gasteiger charge is -2.10. The molecule has 10 nitrogen and oxygen atoms in total. The summed E-state index contributed by atoms with van der Waals surface area (Å²) in [5.41, 5.74) is 1.88. The average molecular weight is 299 g/mol. The van der Waals surface area contributed by atoms with E-state index in [2.05, 4.69) is 19.8 Å². The first kappa shape index (κ1) is 13.8. The number of rotatable bonds is 5. The second-order valence-corrected chi connectivity index (χ2v) is 5.25. The number of non-ortho nitro benzene ring substituents is 1. The fraction of sp³-hybridized carbons (Fsp3) is 0. The summed E-state index contributed by atoms with van der Waals surface area (Å²) in [6.07, 6.45) is 2.22. The van der Waals surface area contributed by atoms with Gasteiger partial charge in [-0.3, -0.25) is 20.7 Å². The van der Waals surface area contributed by atoms with E-state index in [1.165, 1.54) is 6.07 Å². The summed E-state index contributed by atoms with van der Waals surface area (Å²) in [6, 6.07) is 3.22. The van der Waals surface area contributed by atoms with E-state index in [4.69, 9.17) is 5.84 Å². The van der Waals surface area contributed by atoms with Crippen molar-refractivity contribution in [1.82, 2.24) is 5.16 Å². The fourth-order valence-electron chi connectivity index (χ4n) is 1.43. The van der Waals surface area contributed by atoms with Crippen LogP contribution in [0.5, 0.6) is 0 Å². The van der Waals surface area contributed by atoms with Crippen molar-refractivity contribution < 1.29 is 17.9 Å². The van der Waals surface area contributed by atoms with Crippen LogP contribution in [0.4, 0.5) is 17.1 Å². The molecule has 0 aliphatic heterocycles. The van der Waals surface area contributed by atoms with E-state index >= 15 is 0 Å². The molecule has 20 heavy (non-hydrogen) atoms. The molecule has 0 amide bonds. The number of benzene rings is 1. The number of nitrogens with zero attached hydrogens (tertiary/aromatic N) is 2. The number of hydrogen-bond donors (Lipinski definition) is 3. The second-order valence-electron chi connectivity index (χ2n) is 3.60. The molecule has 2 aromatic rings. The molecular weight excluding hydrogens is 290 g/mol. The monoisotopic (exact) mass is 299 g/mol. The first-order valence-electron chi connectivity index (χ1n) is 5.11. The van der Waals surface area contributed by atoms with Crippen LogP contribution in [0.1, 0.15) is 0 Å². The van der Waals surface area contributed by atoms with Gasteiger partial charge in [-0.2, -0.15) is 0 Å². The van der Waals surface area contributed by atoms with Crippen molar-refractivity contribution in [3.63, 3.8) is 0 Å². The standard InChI is InChI=1S/C9H9N5O5S/c10-12-8-2-1-7(14(15)16)3-9(8)20(17,18)13-6-4-11-19-5-6/h1-5,12-13H,10H2. The van der Waals surface area contributed by atoms with Crippen molar-refractivity contribution in [2.24, 2.45) is 5.84 Å².